The van der Waals surface area contributed by atoms with E-state index in [4.69, 9.17) is 4.74 Å². The average Bonchev–Trinajstić information content (AvgIpc) is 2.45. The van der Waals surface area contributed by atoms with E-state index >= 15 is 0 Å². The number of halogens is 1. The fraction of sp³-hybridized carbons (Fsp3) is 0.950. The summed E-state index contributed by atoms with van der Waals surface area (Å²) in [5.41, 5.74) is 0.468. The SMILES string of the molecule is CC1CC2CC(C)CC(CCOC(=O)CCCCCCBr)(C1)C2. The van der Waals surface area contributed by atoms with Gasteiger partial charge in [0.15, 0.2) is 0 Å². The van der Waals surface area contributed by atoms with Crippen molar-refractivity contribution in [2.24, 2.45) is 23.2 Å². The maximum Gasteiger partial charge on any atom is 0.305 e. The van der Waals surface area contributed by atoms with Gasteiger partial charge in [-0.3, -0.25) is 4.79 Å². The number of carbonyl (C=O) groups is 1. The third-order valence-corrected chi connectivity index (χ3v) is 6.48. The Morgan fingerprint density at radius 3 is 2.35 bits per heavy atom. The van der Waals surface area contributed by atoms with E-state index in [9.17, 15) is 4.79 Å². The molecule has 0 aromatic heterocycles. The topological polar surface area (TPSA) is 26.3 Å². The van der Waals surface area contributed by atoms with Gasteiger partial charge in [-0.05, 0) is 74.5 Å². The number of rotatable bonds is 9. The Bertz CT molecular complexity index is 349. The monoisotopic (exact) mass is 386 g/mol. The van der Waals surface area contributed by atoms with Crippen LogP contribution in [-0.4, -0.2) is 17.9 Å². The normalized spacial score (nSPS) is 33.4. The van der Waals surface area contributed by atoms with E-state index in [0.29, 0.717) is 18.4 Å². The predicted molar refractivity (Wildman–Crippen MR) is 99.8 cm³/mol. The number of ether oxygens (including phenoxy) is 1. The van der Waals surface area contributed by atoms with Gasteiger partial charge in [-0.15, -0.1) is 0 Å². The Balaban J connectivity index is 1.67. The maximum absolute atomic E-state index is 11.9. The summed E-state index contributed by atoms with van der Waals surface area (Å²) in [6.45, 7) is 5.47. The van der Waals surface area contributed by atoms with E-state index in [-0.39, 0.29) is 5.97 Å². The van der Waals surface area contributed by atoms with Crippen molar-refractivity contribution in [2.45, 2.75) is 84.5 Å². The molecule has 0 aromatic carbocycles. The van der Waals surface area contributed by atoms with Crippen LogP contribution in [0.5, 0.6) is 0 Å². The third kappa shape index (κ3) is 6.40. The van der Waals surface area contributed by atoms with Gasteiger partial charge >= 0.3 is 5.97 Å². The van der Waals surface area contributed by atoms with Gasteiger partial charge in [0.2, 0.25) is 0 Å². The molecule has 2 saturated carbocycles. The Labute approximate surface area is 151 Å². The summed E-state index contributed by atoms with van der Waals surface area (Å²) in [6.07, 6.45) is 13.1. The molecule has 134 valence electrons. The van der Waals surface area contributed by atoms with Crippen LogP contribution in [0.25, 0.3) is 0 Å². The fourth-order valence-corrected chi connectivity index (χ4v) is 5.78. The molecule has 0 N–H and O–H groups in total. The van der Waals surface area contributed by atoms with Gasteiger partial charge in [-0.1, -0.05) is 42.6 Å². The lowest BCUT2D eigenvalue weighted by molar-refractivity contribution is -0.145. The molecule has 23 heavy (non-hydrogen) atoms. The summed E-state index contributed by atoms with van der Waals surface area (Å²) >= 11 is 3.44. The van der Waals surface area contributed by atoms with Crippen LogP contribution in [0.2, 0.25) is 0 Å². The molecule has 2 aliphatic rings. The van der Waals surface area contributed by atoms with E-state index in [1.54, 1.807) is 0 Å². The highest BCUT2D eigenvalue weighted by Crippen LogP contribution is 2.54. The van der Waals surface area contributed by atoms with Crippen LogP contribution in [0.3, 0.4) is 0 Å². The van der Waals surface area contributed by atoms with Gasteiger partial charge in [-0.25, -0.2) is 0 Å². The molecule has 2 rings (SSSR count). The van der Waals surface area contributed by atoms with Crippen LogP contribution in [-0.2, 0) is 9.53 Å². The highest BCUT2D eigenvalue weighted by Gasteiger charge is 2.43. The van der Waals surface area contributed by atoms with Crippen molar-refractivity contribution in [2.75, 3.05) is 11.9 Å². The quantitative estimate of drug-likeness (QED) is 0.271. The number of carbonyl (C=O) groups excluding carboxylic acids is 1. The van der Waals surface area contributed by atoms with Gasteiger partial charge < -0.3 is 4.74 Å². The Kier molecular flexibility index (Phi) is 7.91. The minimum absolute atomic E-state index is 0.0181. The fourth-order valence-electron chi connectivity index (χ4n) is 5.39. The van der Waals surface area contributed by atoms with E-state index < -0.39 is 0 Å². The molecular weight excluding hydrogens is 352 g/mol. The van der Waals surface area contributed by atoms with Crippen molar-refractivity contribution in [3.05, 3.63) is 0 Å². The van der Waals surface area contributed by atoms with Crippen LogP contribution in [0.15, 0.2) is 0 Å². The zero-order valence-electron chi connectivity index (χ0n) is 15.1. The van der Waals surface area contributed by atoms with Crippen LogP contribution in [0.1, 0.15) is 84.5 Å². The second kappa shape index (κ2) is 9.44. The van der Waals surface area contributed by atoms with Crippen molar-refractivity contribution in [3.8, 4) is 0 Å². The van der Waals surface area contributed by atoms with Gasteiger partial charge in [-0.2, -0.15) is 0 Å². The van der Waals surface area contributed by atoms with Crippen LogP contribution in [0, 0.1) is 23.2 Å². The molecule has 2 aliphatic carbocycles. The molecule has 2 unspecified atom stereocenters. The summed E-state index contributed by atoms with van der Waals surface area (Å²) in [6, 6.07) is 0. The number of fused-ring (bicyclic) bond motifs is 2. The van der Waals surface area contributed by atoms with Gasteiger partial charge in [0.1, 0.15) is 0 Å². The minimum atomic E-state index is 0.0181. The van der Waals surface area contributed by atoms with Crippen molar-refractivity contribution in [1.29, 1.82) is 0 Å². The first-order valence-electron chi connectivity index (χ1n) is 9.74. The number of alkyl halides is 1. The number of hydrogen-bond acceptors (Lipinski definition) is 2. The minimum Gasteiger partial charge on any atom is -0.466 e. The molecule has 0 spiro atoms. The van der Waals surface area contributed by atoms with Gasteiger partial charge in [0.25, 0.3) is 0 Å². The van der Waals surface area contributed by atoms with Crippen molar-refractivity contribution >= 4 is 21.9 Å². The lowest BCUT2D eigenvalue weighted by atomic mass is 9.56. The third-order valence-electron chi connectivity index (χ3n) is 5.92. The number of hydrogen-bond donors (Lipinski definition) is 0. The second-order valence-electron chi connectivity index (χ2n) is 8.48. The Morgan fingerprint density at radius 2 is 1.70 bits per heavy atom. The average molecular weight is 387 g/mol. The van der Waals surface area contributed by atoms with E-state index in [0.717, 1.165) is 42.3 Å². The molecule has 2 nitrogen and oxygen atoms in total. The van der Waals surface area contributed by atoms with Crippen molar-refractivity contribution in [1.82, 2.24) is 0 Å². The second-order valence-corrected chi connectivity index (χ2v) is 9.28. The first kappa shape index (κ1) is 19.3. The molecule has 2 atom stereocenters. The van der Waals surface area contributed by atoms with Crippen LogP contribution in [0.4, 0.5) is 0 Å². The van der Waals surface area contributed by atoms with Gasteiger partial charge in [0, 0.05) is 11.8 Å². The Hall–Kier alpha value is -0.0500. The van der Waals surface area contributed by atoms with Gasteiger partial charge in [0.05, 0.1) is 6.61 Å². The molecule has 0 heterocycles. The van der Waals surface area contributed by atoms with Crippen molar-refractivity contribution in [3.63, 3.8) is 0 Å². The summed E-state index contributed by atoms with van der Waals surface area (Å²) in [4.78, 5) is 11.9. The van der Waals surface area contributed by atoms with Crippen molar-refractivity contribution < 1.29 is 9.53 Å². The zero-order chi connectivity index (χ0) is 16.7. The summed E-state index contributed by atoms with van der Waals surface area (Å²) in [5, 5.41) is 1.07. The molecule has 0 aliphatic heterocycles. The maximum atomic E-state index is 11.9. The molecule has 2 bridgehead atoms. The highest BCUT2D eigenvalue weighted by molar-refractivity contribution is 9.09. The standard InChI is InChI=1S/C20H35BrO2/c1-16-11-18-12-17(2)14-20(13-16,15-18)8-10-23-19(22)7-5-3-4-6-9-21/h16-18H,3-15H2,1-2H3. The van der Waals surface area contributed by atoms with E-state index in [1.807, 2.05) is 0 Å². The number of unbranched alkanes of at least 4 members (excludes halogenated alkanes) is 3. The van der Waals surface area contributed by atoms with E-state index in [2.05, 4.69) is 29.8 Å². The lowest BCUT2D eigenvalue weighted by Gasteiger charge is -2.50. The predicted octanol–water partition coefficient (Wildman–Crippen LogP) is 6.12. The lowest BCUT2D eigenvalue weighted by Crippen LogP contribution is -2.40. The molecule has 0 radical (unpaired) electrons. The Morgan fingerprint density at radius 1 is 1.04 bits per heavy atom. The molecule has 0 aromatic rings. The molecule has 0 amide bonds. The van der Waals surface area contributed by atoms with Crippen LogP contribution < -0.4 is 0 Å². The summed E-state index contributed by atoms with van der Waals surface area (Å²) in [7, 11) is 0. The van der Waals surface area contributed by atoms with Crippen LogP contribution >= 0.6 is 15.9 Å². The summed E-state index contributed by atoms with van der Waals surface area (Å²) in [5.74, 6) is 2.65. The highest BCUT2D eigenvalue weighted by atomic mass is 79.9. The molecule has 3 heteroatoms. The largest absolute Gasteiger partial charge is 0.466 e. The molecular formula is C20H35BrO2. The number of esters is 1. The molecule has 0 saturated heterocycles. The first-order chi connectivity index (χ1) is 11.0. The summed E-state index contributed by atoms with van der Waals surface area (Å²) < 4.78 is 5.56. The zero-order valence-corrected chi connectivity index (χ0v) is 16.7. The molecule has 2 fully saturated rings. The first-order valence-corrected chi connectivity index (χ1v) is 10.9. The van der Waals surface area contributed by atoms with E-state index in [1.165, 1.54) is 44.9 Å². The smallest absolute Gasteiger partial charge is 0.305 e.